The minimum atomic E-state index is -1.12. The van der Waals surface area contributed by atoms with Crippen LogP contribution in [0.1, 0.15) is 17.3 Å². The molecule has 1 fully saturated rings. The molecular weight excluding hydrogens is 340 g/mol. The average Bonchev–Trinajstić information content (AvgIpc) is 2.52. The zero-order valence-electron chi connectivity index (χ0n) is 12.1. The van der Waals surface area contributed by atoms with Crippen molar-refractivity contribution < 1.29 is 19.5 Å². The maximum Gasteiger partial charge on any atom is 0.352 e. The van der Waals surface area contributed by atoms with Crippen molar-refractivity contribution in [2.24, 2.45) is 0 Å². The number of amides is 2. The Hall–Kier alpha value is -1.99. The third-order valence-electron chi connectivity index (χ3n) is 3.75. The van der Waals surface area contributed by atoms with Crippen molar-refractivity contribution in [1.82, 2.24) is 10.2 Å². The van der Waals surface area contributed by atoms with Crippen LogP contribution in [0, 0.1) is 0 Å². The number of rotatable bonds is 3. The number of hydrogen-bond acceptors (Lipinski definition) is 4. The standard InChI is InChI=1S/C15H13ClN2O4S/c1-7-6-23-14-10(13(20)18(14)11(7)15(21)22)17-12(19)8-2-4-9(16)5-3-8/h2-5,10,14H,6H2,1H3,(H,17,19)(H,21,22). The van der Waals surface area contributed by atoms with E-state index in [0.29, 0.717) is 21.9 Å². The summed E-state index contributed by atoms with van der Waals surface area (Å²) in [6.07, 6.45) is 0. The number of aliphatic carboxylic acids is 1. The predicted molar refractivity (Wildman–Crippen MR) is 86.1 cm³/mol. The van der Waals surface area contributed by atoms with Gasteiger partial charge >= 0.3 is 5.97 Å². The Kier molecular flexibility index (Phi) is 4.08. The van der Waals surface area contributed by atoms with Crippen molar-refractivity contribution in [3.8, 4) is 0 Å². The molecule has 120 valence electrons. The molecule has 2 aliphatic rings. The van der Waals surface area contributed by atoms with E-state index in [4.69, 9.17) is 11.6 Å². The molecule has 0 radical (unpaired) electrons. The maximum absolute atomic E-state index is 12.3. The monoisotopic (exact) mass is 352 g/mol. The SMILES string of the molecule is CC1=C(C(=O)O)N2C(=O)C(NC(=O)c3ccc(Cl)cc3)C2SC1. The van der Waals surface area contributed by atoms with Crippen LogP contribution in [0.3, 0.4) is 0 Å². The van der Waals surface area contributed by atoms with Crippen molar-refractivity contribution in [2.75, 3.05) is 5.75 Å². The molecule has 0 aliphatic carbocycles. The highest BCUT2D eigenvalue weighted by atomic mass is 35.5. The lowest BCUT2D eigenvalue weighted by molar-refractivity contribution is -0.148. The number of carboxylic acid groups (broad SMARTS) is 1. The van der Waals surface area contributed by atoms with E-state index in [1.807, 2.05) is 0 Å². The number of carboxylic acids is 1. The topological polar surface area (TPSA) is 86.7 Å². The zero-order valence-corrected chi connectivity index (χ0v) is 13.6. The van der Waals surface area contributed by atoms with Gasteiger partial charge in [0.25, 0.3) is 11.8 Å². The number of β-lactam (4-membered cyclic amide) rings is 1. The van der Waals surface area contributed by atoms with Gasteiger partial charge < -0.3 is 10.4 Å². The number of carbonyl (C=O) groups is 3. The number of thioether (sulfide) groups is 1. The third-order valence-corrected chi connectivity index (χ3v) is 5.43. The predicted octanol–water partition coefficient (Wildman–Crippen LogP) is 1.71. The fraction of sp³-hybridized carbons (Fsp3) is 0.267. The molecule has 0 bridgehead atoms. The van der Waals surface area contributed by atoms with Crippen LogP contribution in [0.25, 0.3) is 0 Å². The van der Waals surface area contributed by atoms with Crippen LogP contribution in [0.4, 0.5) is 0 Å². The number of nitrogens with zero attached hydrogens (tertiary/aromatic N) is 1. The summed E-state index contributed by atoms with van der Waals surface area (Å²) in [5, 5.41) is 12.1. The van der Waals surface area contributed by atoms with Crippen LogP contribution < -0.4 is 5.32 Å². The summed E-state index contributed by atoms with van der Waals surface area (Å²) < 4.78 is 0. The van der Waals surface area contributed by atoms with Gasteiger partial charge in [0.1, 0.15) is 17.1 Å². The number of fused-ring (bicyclic) bond motifs is 1. The summed E-state index contributed by atoms with van der Waals surface area (Å²) in [7, 11) is 0. The van der Waals surface area contributed by atoms with E-state index in [-0.39, 0.29) is 17.0 Å². The van der Waals surface area contributed by atoms with Gasteiger partial charge in [-0.15, -0.1) is 11.8 Å². The zero-order chi connectivity index (χ0) is 16.7. The van der Waals surface area contributed by atoms with Crippen molar-refractivity contribution >= 4 is 41.1 Å². The first-order chi connectivity index (χ1) is 10.9. The first-order valence-electron chi connectivity index (χ1n) is 6.84. The molecule has 2 N–H and O–H groups in total. The third kappa shape index (κ3) is 2.70. The molecule has 1 saturated heterocycles. The number of nitrogens with one attached hydrogen (secondary N) is 1. The van der Waals surface area contributed by atoms with E-state index in [1.54, 1.807) is 31.2 Å². The van der Waals surface area contributed by atoms with Gasteiger partial charge in [0.2, 0.25) is 0 Å². The summed E-state index contributed by atoms with van der Waals surface area (Å²) in [5.74, 6) is -1.39. The fourth-order valence-corrected chi connectivity index (χ4v) is 4.02. The highest BCUT2D eigenvalue weighted by Crippen LogP contribution is 2.40. The van der Waals surface area contributed by atoms with Crippen LogP contribution in [0.5, 0.6) is 0 Å². The highest BCUT2D eigenvalue weighted by molar-refractivity contribution is 8.00. The summed E-state index contributed by atoms with van der Waals surface area (Å²) in [6, 6.07) is 5.61. The normalized spacial score (nSPS) is 23.2. The maximum atomic E-state index is 12.3. The van der Waals surface area contributed by atoms with Crippen LogP contribution in [0.2, 0.25) is 5.02 Å². The van der Waals surface area contributed by atoms with Gasteiger partial charge in [-0.3, -0.25) is 14.5 Å². The van der Waals surface area contributed by atoms with E-state index in [0.717, 1.165) is 0 Å². The summed E-state index contributed by atoms with van der Waals surface area (Å²) in [5.41, 5.74) is 1.07. The number of benzene rings is 1. The molecule has 0 aromatic heterocycles. The molecule has 1 aromatic rings. The van der Waals surface area contributed by atoms with E-state index in [1.165, 1.54) is 16.7 Å². The fourth-order valence-electron chi connectivity index (χ4n) is 2.60. The average molecular weight is 353 g/mol. The molecular formula is C15H13ClN2O4S. The van der Waals surface area contributed by atoms with Gasteiger partial charge in [0.05, 0.1) is 0 Å². The van der Waals surface area contributed by atoms with E-state index < -0.39 is 17.9 Å². The molecule has 6 nitrogen and oxygen atoms in total. The van der Waals surface area contributed by atoms with Crippen molar-refractivity contribution in [3.63, 3.8) is 0 Å². The minimum absolute atomic E-state index is 0.0238. The molecule has 3 rings (SSSR count). The highest BCUT2D eigenvalue weighted by Gasteiger charge is 2.53. The lowest BCUT2D eigenvalue weighted by Crippen LogP contribution is -2.70. The molecule has 2 amide bonds. The number of halogens is 1. The molecule has 2 atom stereocenters. The van der Waals surface area contributed by atoms with Crippen LogP contribution in [0.15, 0.2) is 35.5 Å². The van der Waals surface area contributed by atoms with Crippen LogP contribution in [-0.4, -0.2) is 45.0 Å². The first kappa shape index (κ1) is 15.9. The molecule has 0 saturated carbocycles. The minimum Gasteiger partial charge on any atom is -0.477 e. The summed E-state index contributed by atoms with van der Waals surface area (Å²) >= 11 is 7.22. The van der Waals surface area contributed by atoms with Gasteiger partial charge in [-0.05, 0) is 36.8 Å². The van der Waals surface area contributed by atoms with E-state index in [2.05, 4.69) is 5.32 Å². The van der Waals surface area contributed by atoms with Crippen molar-refractivity contribution in [1.29, 1.82) is 0 Å². The lowest BCUT2D eigenvalue weighted by atomic mass is 10.0. The molecule has 23 heavy (non-hydrogen) atoms. The van der Waals surface area contributed by atoms with Crippen molar-refractivity contribution in [3.05, 3.63) is 46.1 Å². The first-order valence-corrected chi connectivity index (χ1v) is 8.27. The van der Waals surface area contributed by atoms with Gasteiger partial charge in [-0.2, -0.15) is 0 Å². The van der Waals surface area contributed by atoms with Gasteiger partial charge in [0.15, 0.2) is 0 Å². The van der Waals surface area contributed by atoms with E-state index in [9.17, 15) is 19.5 Å². The van der Waals surface area contributed by atoms with Gasteiger partial charge in [-0.25, -0.2) is 4.79 Å². The second kappa shape index (κ2) is 5.90. The Morgan fingerprint density at radius 2 is 2.00 bits per heavy atom. The van der Waals surface area contributed by atoms with Crippen LogP contribution >= 0.6 is 23.4 Å². The largest absolute Gasteiger partial charge is 0.477 e. The smallest absolute Gasteiger partial charge is 0.352 e. The number of carbonyl (C=O) groups excluding carboxylic acids is 2. The van der Waals surface area contributed by atoms with Crippen molar-refractivity contribution in [2.45, 2.75) is 18.3 Å². The second-order valence-electron chi connectivity index (χ2n) is 5.30. The summed E-state index contributed by atoms with van der Waals surface area (Å²) in [4.78, 5) is 37.0. The molecule has 2 aliphatic heterocycles. The Balaban J connectivity index is 1.75. The van der Waals surface area contributed by atoms with Gasteiger partial charge in [-0.1, -0.05) is 11.6 Å². The quantitative estimate of drug-likeness (QED) is 0.809. The molecule has 0 spiro atoms. The summed E-state index contributed by atoms with van der Waals surface area (Å²) in [6.45, 7) is 1.69. The Morgan fingerprint density at radius 1 is 1.35 bits per heavy atom. The molecule has 1 aromatic carbocycles. The Morgan fingerprint density at radius 3 is 2.61 bits per heavy atom. The number of hydrogen-bond donors (Lipinski definition) is 2. The molecule has 2 heterocycles. The Bertz CT molecular complexity index is 731. The van der Waals surface area contributed by atoms with E-state index >= 15 is 0 Å². The second-order valence-corrected chi connectivity index (χ2v) is 6.84. The van der Waals surface area contributed by atoms with Gasteiger partial charge in [0, 0.05) is 16.3 Å². The molecule has 8 heteroatoms. The Labute approximate surface area is 141 Å². The lowest BCUT2D eigenvalue weighted by Gasteiger charge is -2.49. The van der Waals surface area contributed by atoms with Crippen LogP contribution in [-0.2, 0) is 9.59 Å². The molecule has 2 unspecified atom stereocenters.